The van der Waals surface area contributed by atoms with Crippen molar-refractivity contribution in [3.8, 4) is 6.07 Å². The Bertz CT molecular complexity index is 811. The van der Waals surface area contributed by atoms with Gasteiger partial charge in [-0.3, -0.25) is 9.48 Å². The number of carbonyl (C=O) groups is 1. The summed E-state index contributed by atoms with van der Waals surface area (Å²) in [5.41, 5.74) is 6.17. The SMILES string of the molecule is N#C[C@H]1C[C@H](O)CC[C@@H]1n1cc(C(N)=O)c(Nc2ccc(F)cc2)n1. The van der Waals surface area contributed by atoms with E-state index in [0.717, 1.165) is 0 Å². The van der Waals surface area contributed by atoms with Crippen molar-refractivity contribution < 1.29 is 14.3 Å². The van der Waals surface area contributed by atoms with E-state index in [9.17, 15) is 19.6 Å². The van der Waals surface area contributed by atoms with Gasteiger partial charge in [-0.25, -0.2) is 4.39 Å². The maximum atomic E-state index is 13.0. The van der Waals surface area contributed by atoms with Gasteiger partial charge in [0.2, 0.25) is 0 Å². The van der Waals surface area contributed by atoms with Crippen molar-refractivity contribution in [2.24, 2.45) is 11.7 Å². The van der Waals surface area contributed by atoms with Crippen LogP contribution in [0.3, 0.4) is 0 Å². The summed E-state index contributed by atoms with van der Waals surface area (Å²) in [4.78, 5) is 11.7. The van der Waals surface area contributed by atoms with Crippen molar-refractivity contribution in [1.29, 1.82) is 5.26 Å². The van der Waals surface area contributed by atoms with E-state index in [-0.39, 0.29) is 23.2 Å². The van der Waals surface area contributed by atoms with Crippen LogP contribution in [0.15, 0.2) is 30.5 Å². The number of aliphatic hydroxyl groups excluding tert-OH is 1. The molecule has 0 saturated heterocycles. The second-order valence-corrected chi connectivity index (χ2v) is 6.14. The lowest BCUT2D eigenvalue weighted by atomic mass is 9.84. The molecular formula is C17H18FN5O2. The zero-order chi connectivity index (χ0) is 18.0. The van der Waals surface area contributed by atoms with Gasteiger partial charge < -0.3 is 16.2 Å². The summed E-state index contributed by atoms with van der Waals surface area (Å²) in [5.74, 6) is -1.17. The Morgan fingerprint density at radius 3 is 2.76 bits per heavy atom. The van der Waals surface area contributed by atoms with Crippen LogP contribution in [0.25, 0.3) is 0 Å². The summed E-state index contributed by atoms with van der Waals surface area (Å²) in [6, 6.07) is 7.58. The quantitative estimate of drug-likeness (QED) is 0.786. The molecule has 1 fully saturated rings. The van der Waals surface area contributed by atoms with Crippen molar-refractivity contribution in [3.63, 3.8) is 0 Å². The Morgan fingerprint density at radius 1 is 1.40 bits per heavy atom. The molecule has 1 aromatic carbocycles. The molecule has 1 aromatic heterocycles. The molecule has 1 amide bonds. The van der Waals surface area contributed by atoms with E-state index in [1.54, 1.807) is 4.68 Å². The van der Waals surface area contributed by atoms with E-state index in [1.165, 1.54) is 30.5 Å². The third-order valence-electron chi connectivity index (χ3n) is 4.40. The van der Waals surface area contributed by atoms with Crippen LogP contribution >= 0.6 is 0 Å². The van der Waals surface area contributed by atoms with Gasteiger partial charge in [0.15, 0.2) is 5.82 Å². The van der Waals surface area contributed by atoms with Crippen LogP contribution in [0, 0.1) is 23.1 Å². The smallest absolute Gasteiger partial charge is 0.254 e. The van der Waals surface area contributed by atoms with Crippen LogP contribution in [-0.2, 0) is 0 Å². The summed E-state index contributed by atoms with van der Waals surface area (Å²) in [5, 5.41) is 26.4. The number of carbonyl (C=O) groups excluding carboxylic acids is 1. The van der Waals surface area contributed by atoms with Gasteiger partial charge in [0, 0.05) is 11.9 Å². The number of aromatic nitrogens is 2. The zero-order valence-corrected chi connectivity index (χ0v) is 13.4. The second-order valence-electron chi connectivity index (χ2n) is 6.14. The predicted octanol–water partition coefficient (Wildman–Crippen LogP) is 2.09. The van der Waals surface area contributed by atoms with Crippen molar-refractivity contribution in [2.75, 3.05) is 5.32 Å². The zero-order valence-electron chi connectivity index (χ0n) is 13.4. The minimum atomic E-state index is -0.653. The van der Waals surface area contributed by atoms with Crippen molar-refractivity contribution in [3.05, 3.63) is 41.8 Å². The number of amides is 1. The molecule has 1 heterocycles. The maximum absolute atomic E-state index is 13.0. The number of nitrogens with two attached hydrogens (primary N) is 1. The molecule has 1 aliphatic rings. The molecule has 25 heavy (non-hydrogen) atoms. The second kappa shape index (κ2) is 6.91. The Hall–Kier alpha value is -2.92. The highest BCUT2D eigenvalue weighted by Gasteiger charge is 2.32. The van der Waals surface area contributed by atoms with Gasteiger partial charge in [0.1, 0.15) is 11.4 Å². The normalized spacial score (nSPS) is 23.0. The van der Waals surface area contributed by atoms with Crippen LogP contribution in [0.2, 0.25) is 0 Å². The molecule has 0 radical (unpaired) electrons. The lowest BCUT2D eigenvalue weighted by Gasteiger charge is -2.30. The number of rotatable bonds is 4. The summed E-state index contributed by atoms with van der Waals surface area (Å²) < 4.78 is 14.6. The number of nitrogens with zero attached hydrogens (tertiary/aromatic N) is 3. The van der Waals surface area contributed by atoms with Gasteiger partial charge in [-0.2, -0.15) is 10.4 Å². The molecule has 0 unspecified atom stereocenters. The number of anilines is 2. The molecule has 7 nitrogen and oxygen atoms in total. The fraction of sp³-hybridized carbons (Fsp3) is 0.353. The number of aliphatic hydroxyl groups is 1. The highest BCUT2D eigenvalue weighted by molar-refractivity contribution is 5.98. The van der Waals surface area contributed by atoms with Crippen LogP contribution in [-0.4, -0.2) is 26.9 Å². The molecule has 4 N–H and O–H groups in total. The molecule has 1 saturated carbocycles. The Kier molecular flexibility index (Phi) is 4.67. The number of nitrogens with one attached hydrogen (secondary N) is 1. The van der Waals surface area contributed by atoms with Crippen LogP contribution < -0.4 is 11.1 Å². The average Bonchev–Trinajstić information content (AvgIpc) is 3.00. The molecule has 8 heteroatoms. The lowest BCUT2D eigenvalue weighted by molar-refractivity contribution is 0.0861. The topological polar surface area (TPSA) is 117 Å². The van der Waals surface area contributed by atoms with Gasteiger partial charge in [-0.05, 0) is 43.5 Å². The van der Waals surface area contributed by atoms with Crippen LogP contribution in [0.1, 0.15) is 35.7 Å². The van der Waals surface area contributed by atoms with Crippen molar-refractivity contribution >= 4 is 17.4 Å². The maximum Gasteiger partial charge on any atom is 0.254 e. The number of halogens is 1. The molecule has 2 aromatic rings. The molecule has 1 aliphatic carbocycles. The van der Waals surface area contributed by atoms with Gasteiger partial charge in [-0.15, -0.1) is 0 Å². The monoisotopic (exact) mass is 343 g/mol. The molecule has 0 bridgehead atoms. The number of nitriles is 1. The van der Waals surface area contributed by atoms with E-state index in [4.69, 9.17) is 5.73 Å². The van der Waals surface area contributed by atoms with Gasteiger partial charge in [0.25, 0.3) is 5.91 Å². The first-order valence-electron chi connectivity index (χ1n) is 7.97. The van der Waals surface area contributed by atoms with Gasteiger partial charge >= 0.3 is 0 Å². The van der Waals surface area contributed by atoms with E-state index >= 15 is 0 Å². The number of benzene rings is 1. The molecule has 0 aliphatic heterocycles. The van der Waals surface area contributed by atoms with Crippen molar-refractivity contribution in [2.45, 2.75) is 31.4 Å². The fourth-order valence-corrected chi connectivity index (χ4v) is 3.09. The average molecular weight is 343 g/mol. The fourth-order valence-electron chi connectivity index (χ4n) is 3.09. The minimum Gasteiger partial charge on any atom is -0.393 e. The number of hydrogen-bond donors (Lipinski definition) is 3. The molecule has 0 spiro atoms. The van der Waals surface area contributed by atoms with E-state index in [2.05, 4.69) is 16.5 Å². The first-order valence-corrected chi connectivity index (χ1v) is 7.97. The summed E-state index contributed by atoms with van der Waals surface area (Å²) >= 11 is 0. The van der Waals surface area contributed by atoms with Crippen molar-refractivity contribution in [1.82, 2.24) is 9.78 Å². The third kappa shape index (κ3) is 3.61. The summed E-state index contributed by atoms with van der Waals surface area (Å²) in [6.07, 6.45) is 2.53. The summed E-state index contributed by atoms with van der Waals surface area (Å²) in [7, 11) is 0. The summed E-state index contributed by atoms with van der Waals surface area (Å²) in [6.45, 7) is 0. The van der Waals surface area contributed by atoms with E-state index < -0.39 is 17.9 Å². The largest absolute Gasteiger partial charge is 0.393 e. The first kappa shape index (κ1) is 16.9. The van der Waals surface area contributed by atoms with Gasteiger partial charge in [0.05, 0.1) is 24.1 Å². The molecule has 3 atom stereocenters. The Balaban J connectivity index is 1.90. The molecular weight excluding hydrogens is 325 g/mol. The number of primary amides is 1. The third-order valence-corrected chi connectivity index (χ3v) is 4.40. The Labute approximate surface area is 143 Å². The lowest BCUT2D eigenvalue weighted by Crippen LogP contribution is -2.29. The highest BCUT2D eigenvalue weighted by Crippen LogP contribution is 2.34. The van der Waals surface area contributed by atoms with Gasteiger partial charge in [-0.1, -0.05) is 0 Å². The Morgan fingerprint density at radius 2 is 2.12 bits per heavy atom. The number of hydrogen-bond acceptors (Lipinski definition) is 5. The predicted molar refractivity (Wildman–Crippen MR) is 88.4 cm³/mol. The highest BCUT2D eigenvalue weighted by atomic mass is 19.1. The molecule has 130 valence electrons. The van der Waals surface area contributed by atoms with E-state index in [0.29, 0.717) is 24.9 Å². The first-order chi connectivity index (χ1) is 12.0. The van der Waals surface area contributed by atoms with Crippen LogP contribution in [0.4, 0.5) is 15.9 Å². The standard InChI is InChI=1S/C17H18FN5O2/c18-11-1-3-12(4-2-11)21-17-14(16(20)25)9-23(22-17)15-6-5-13(24)7-10(15)8-19/h1-4,9-10,13,15,24H,5-7H2,(H2,20,25)(H,21,22)/t10-,13-,15+/m1/s1. The van der Waals surface area contributed by atoms with Crippen LogP contribution in [0.5, 0.6) is 0 Å². The minimum absolute atomic E-state index is 0.187. The molecule has 3 rings (SSSR count). The van der Waals surface area contributed by atoms with E-state index in [1.807, 2.05) is 0 Å².